The second-order valence-corrected chi connectivity index (χ2v) is 5.22. The zero-order chi connectivity index (χ0) is 12.0. The van der Waals surface area contributed by atoms with Gasteiger partial charge in [-0.1, -0.05) is 17.2 Å². The van der Waals surface area contributed by atoms with Crippen LogP contribution in [0.5, 0.6) is 0 Å². The van der Waals surface area contributed by atoms with E-state index in [9.17, 15) is 4.79 Å². The lowest BCUT2D eigenvalue weighted by atomic mass is 10.00. The van der Waals surface area contributed by atoms with Gasteiger partial charge in [-0.3, -0.25) is 4.79 Å². The highest BCUT2D eigenvalue weighted by Crippen LogP contribution is 2.42. The van der Waals surface area contributed by atoms with E-state index in [1.807, 2.05) is 6.92 Å². The molecule has 0 fully saturated rings. The zero-order valence-electron chi connectivity index (χ0n) is 9.03. The van der Waals surface area contributed by atoms with E-state index in [1.165, 1.54) is 11.1 Å². The molecule has 0 aliphatic heterocycles. The average Bonchev–Trinajstić information content (AvgIpc) is 2.49. The molecule has 1 aliphatic carbocycles. The molecule has 0 saturated carbocycles. The normalized spacial score (nSPS) is 14.2. The van der Waals surface area contributed by atoms with Gasteiger partial charge in [0.1, 0.15) is 0 Å². The van der Waals surface area contributed by atoms with Gasteiger partial charge in [0, 0.05) is 10.0 Å². The van der Waals surface area contributed by atoms with Crippen molar-refractivity contribution in [1.29, 1.82) is 0 Å². The molecule has 0 radical (unpaired) electrons. The third kappa shape index (κ3) is 1.59. The number of allylic oxidation sites excluding steroid dienone is 2. The van der Waals surface area contributed by atoms with Crippen molar-refractivity contribution in [2.75, 3.05) is 0 Å². The molecule has 2 rings (SSSR count). The first-order chi connectivity index (χ1) is 7.43. The maximum Gasteiger partial charge on any atom is 0.249 e. The lowest BCUT2D eigenvalue weighted by molar-refractivity contribution is 0.0999. The smallest absolute Gasteiger partial charge is 0.249 e. The number of carbonyl (C=O) groups is 1. The van der Waals surface area contributed by atoms with Crippen molar-refractivity contribution in [2.45, 2.75) is 20.3 Å². The van der Waals surface area contributed by atoms with Gasteiger partial charge in [-0.15, -0.1) is 0 Å². The topological polar surface area (TPSA) is 43.1 Å². The molecule has 1 aromatic carbocycles. The van der Waals surface area contributed by atoms with Gasteiger partial charge in [0.15, 0.2) is 0 Å². The Bertz CT molecular complexity index is 534. The van der Waals surface area contributed by atoms with Crippen molar-refractivity contribution in [2.24, 2.45) is 5.73 Å². The first kappa shape index (κ1) is 11.7. The van der Waals surface area contributed by atoms with E-state index in [-0.39, 0.29) is 0 Å². The summed E-state index contributed by atoms with van der Waals surface area (Å²) < 4.78 is 0.850. The number of primary amides is 1. The molecule has 0 bridgehead atoms. The highest BCUT2D eigenvalue weighted by molar-refractivity contribution is 9.10. The van der Waals surface area contributed by atoms with Gasteiger partial charge in [0.2, 0.25) is 5.91 Å². The van der Waals surface area contributed by atoms with Crippen LogP contribution >= 0.6 is 27.5 Å². The Morgan fingerprint density at radius 3 is 2.69 bits per heavy atom. The maximum absolute atomic E-state index is 11.4. The molecule has 2 N–H and O–H groups in total. The largest absolute Gasteiger partial charge is 0.366 e. The second-order valence-electron chi connectivity index (χ2n) is 4.02. The summed E-state index contributed by atoms with van der Waals surface area (Å²) in [4.78, 5) is 11.4. The fraction of sp³-hybridized carbons (Fsp3) is 0.250. The van der Waals surface area contributed by atoms with Crippen LogP contribution in [0.2, 0.25) is 5.02 Å². The van der Waals surface area contributed by atoms with Crippen molar-refractivity contribution in [3.05, 3.63) is 37.8 Å². The number of benzene rings is 1. The molecule has 16 heavy (non-hydrogen) atoms. The van der Waals surface area contributed by atoms with Crippen molar-refractivity contribution >= 4 is 39.0 Å². The average molecular weight is 301 g/mol. The van der Waals surface area contributed by atoms with Crippen LogP contribution in [0.1, 0.15) is 35.3 Å². The SMILES string of the molecule is CC1=C(C)c2c(Br)c(Cl)cc(C(N)=O)c2C1. The third-order valence-electron chi connectivity index (χ3n) is 3.05. The molecule has 0 aromatic heterocycles. The Balaban J connectivity index is 2.79. The predicted octanol–water partition coefficient (Wildman–Crippen LogP) is 3.55. The van der Waals surface area contributed by atoms with Crippen LogP contribution < -0.4 is 5.73 Å². The summed E-state index contributed by atoms with van der Waals surface area (Å²) in [5.74, 6) is -0.423. The van der Waals surface area contributed by atoms with Crippen LogP contribution in [0.25, 0.3) is 5.57 Å². The summed E-state index contributed by atoms with van der Waals surface area (Å²) >= 11 is 9.54. The van der Waals surface area contributed by atoms with Gasteiger partial charge in [-0.25, -0.2) is 0 Å². The molecule has 1 aliphatic rings. The summed E-state index contributed by atoms with van der Waals surface area (Å²) in [6.07, 6.45) is 0.773. The summed E-state index contributed by atoms with van der Waals surface area (Å²) in [5, 5.41) is 0.529. The number of fused-ring (bicyclic) bond motifs is 1. The van der Waals surface area contributed by atoms with Gasteiger partial charge in [0.05, 0.1) is 5.02 Å². The predicted molar refractivity (Wildman–Crippen MR) is 69.6 cm³/mol. The van der Waals surface area contributed by atoms with E-state index < -0.39 is 5.91 Å². The molecule has 84 valence electrons. The van der Waals surface area contributed by atoms with E-state index in [1.54, 1.807) is 6.07 Å². The van der Waals surface area contributed by atoms with E-state index in [2.05, 4.69) is 22.9 Å². The van der Waals surface area contributed by atoms with Crippen molar-refractivity contribution in [3.63, 3.8) is 0 Å². The molecule has 0 saturated heterocycles. The van der Waals surface area contributed by atoms with Gasteiger partial charge in [-0.2, -0.15) is 0 Å². The number of nitrogens with two attached hydrogens (primary N) is 1. The van der Waals surface area contributed by atoms with Crippen LogP contribution in [-0.4, -0.2) is 5.91 Å². The molecule has 0 unspecified atom stereocenters. The summed E-state index contributed by atoms with van der Waals surface area (Å²) in [7, 11) is 0. The zero-order valence-corrected chi connectivity index (χ0v) is 11.4. The van der Waals surface area contributed by atoms with Crippen LogP contribution in [0.4, 0.5) is 0 Å². The molecule has 2 nitrogen and oxygen atoms in total. The molecule has 4 heteroatoms. The van der Waals surface area contributed by atoms with Crippen LogP contribution in [0.15, 0.2) is 16.1 Å². The summed E-state index contributed by atoms with van der Waals surface area (Å²) in [5.41, 5.74) is 10.3. The Labute approximate surface area is 108 Å². The highest BCUT2D eigenvalue weighted by Gasteiger charge is 2.25. The fourth-order valence-corrected chi connectivity index (χ4v) is 2.92. The van der Waals surface area contributed by atoms with Gasteiger partial charge in [0.25, 0.3) is 0 Å². The number of halogens is 2. The van der Waals surface area contributed by atoms with Crippen molar-refractivity contribution in [1.82, 2.24) is 0 Å². The first-order valence-electron chi connectivity index (χ1n) is 4.91. The molecule has 0 heterocycles. The molecule has 1 aromatic rings. The molecular weight excluding hydrogens is 289 g/mol. The number of carbonyl (C=O) groups excluding carboxylic acids is 1. The maximum atomic E-state index is 11.4. The Kier molecular flexibility index (Phi) is 2.84. The molecular formula is C12H11BrClNO. The van der Waals surface area contributed by atoms with E-state index in [0.29, 0.717) is 10.6 Å². The minimum absolute atomic E-state index is 0.423. The quantitative estimate of drug-likeness (QED) is 0.847. The Hall–Kier alpha value is -0.800. The minimum atomic E-state index is -0.423. The molecule has 1 amide bonds. The Morgan fingerprint density at radius 2 is 2.12 bits per heavy atom. The van der Waals surface area contributed by atoms with Crippen molar-refractivity contribution in [3.8, 4) is 0 Å². The van der Waals surface area contributed by atoms with E-state index in [4.69, 9.17) is 17.3 Å². The van der Waals surface area contributed by atoms with Gasteiger partial charge >= 0.3 is 0 Å². The lowest BCUT2D eigenvalue weighted by Crippen LogP contribution is -2.14. The number of hydrogen-bond donors (Lipinski definition) is 1. The number of hydrogen-bond acceptors (Lipinski definition) is 1. The van der Waals surface area contributed by atoms with Crippen LogP contribution in [-0.2, 0) is 6.42 Å². The first-order valence-corrected chi connectivity index (χ1v) is 6.08. The summed E-state index contributed by atoms with van der Waals surface area (Å²) in [6.45, 7) is 4.09. The minimum Gasteiger partial charge on any atom is -0.366 e. The third-order valence-corrected chi connectivity index (χ3v) is 4.40. The summed E-state index contributed by atoms with van der Waals surface area (Å²) in [6, 6.07) is 1.64. The van der Waals surface area contributed by atoms with E-state index >= 15 is 0 Å². The van der Waals surface area contributed by atoms with Gasteiger partial charge in [-0.05, 0) is 59.0 Å². The Morgan fingerprint density at radius 1 is 1.50 bits per heavy atom. The van der Waals surface area contributed by atoms with Crippen molar-refractivity contribution < 1.29 is 4.79 Å². The molecule has 0 atom stereocenters. The van der Waals surface area contributed by atoms with Crippen LogP contribution in [0, 0.1) is 0 Å². The standard InChI is InChI=1S/C12H11BrClNO/c1-5-3-7-8(12(15)16)4-9(14)11(13)10(7)6(5)2/h4H,3H2,1-2H3,(H2,15,16). The second kappa shape index (κ2) is 3.90. The monoisotopic (exact) mass is 299 g/mol. The lowest BCUT2D eigenvalue weighted by Gasteiger charge is -2.10. The molecule has 0 spiro atoms. The fourth-order valence-electron chi connectivity index (χ4n) is 2.07. The highest BCUT2D eigenvalue weighted by atomic mass is 79.9. The number of rotatable bonds is 1. The van der Waals surface area contributed by atoms with E-state index in [0.717, 1.165) is 22.0 Å². The van der Waals surface area contributed by atoms with Gasteiger partial charge < -0.3 is 5.73 Å². The van der Waals surface area contributed by atoms with Crippen LogP contribution in [0.3, 0.4) is 0 Å². The number of amides is 1.